The van der Waals surface area contributed by atoms with E-state index in [2.05, 4.69) is 0 Å². The summed E-state index contributed by atoms with van der Waals surface area (Å²) in [6.45, 7) is 1.26. The van der Waals surface area contributed by atoms with Crippen LogP contribution in [0, 0.1) is 6.92 Å². The minimum absolute atomic E-state index is 0.248. The molecule has 1 saturated heterocycles. The molecule has 1 aromatic rings. The van der Waals surface area contributed by atoms with Crippen molar-refractivity contribution in [3.63, 3.8) is 0 Å². The Morgan fingerprint density at radius 3 is 2.68 bits per heavy atom. The first-order valence-electron chi connectivity index (χ1n) is 5.55. The number of halogens is 3. The summed E-state index contributed by atoms with van der Waals surface area (Å²) < 4.78 is 46.7. The van der Waals surface area contributed by atoms with Crippen LogP contribution in [0.15, 0.2) is 6.07 Å². The summed E-state index contributed by atoms with van der Waals surface area (Å²) in [7, 11) is 0. The predicted octanol–water partition coefficient (Wildman–Crippen LogP) is 2.39. The molecule has 0 spiro atoms. The van der Waals surface area contributed by atoms with Gasteiger partial charge in [0.1, 0.15) is 6.54 Å². The first-order valence-corrected chi connectivity index (χ1v) is 6.37. The smallest absolute Gasteiger partial charge is 0.345 e. The van der Waals surface area contributed by atoms with E-state index < -0.39 is 24.9 Å². The number of rotatable bonds is 3. The van der Waals surface area contributed by atoms with Crippen molar-refractivity contribution in [1.29, 1.82) is 0 Å². The summed E-state index contributed by atoms with van der Waals surface area (Å²) in [5.74, 6) is -0.732. The van der Waals surface area contributed by atoms with Gasteiger partial charge in [0.05, 0.1) is 23.0 Å². The van der Waals surface area contributed by atoms with Crippen LogP contribution in [0.1, 0.15) is 26.4 Å². The van der Waals surface area contributed by atoms with Gasteiger partial charge in [0, 0.05) is 0 Å². The van der Waals surface area contributed by atoms with Crippen molar-refractivity contribution < 1.29 is 27.4 Å². The van der Waals surface area contributed by atoms with Gasteiger partial charge < -0.3 is 14.8 Å². The number of nitrogens with one attached hydrogen (secondary N) is 1. The van der Waals surface area contributed by atoms with Crippen LogP contribution in [0.3, 0.4) is 0 Å². The van der Waals surface area contributed by atoms with Crippen molar-refractivity contribution in [3.8, 4) is 0 Å². The first-order chi connectivity index (χ1) is 8.87. The molecule has 0 unspecified atom stereocenters. The van der Waals surface area contributed by atoms with Gasteiger partial charge >= 0.3 is 6.18 Å². The molecule has 0 atom stereocenters. The van der Waals surface area contributed by atoms with Gasteiger partial charge in [-0.15, -0.1) is 11.3 Å². The third-order valence-electron chi connectivity index (χ3n) is 2.45. The number of carbonyl (C=O) groups is 1. The third kappa shape index (κ3) is 3.68. The first kappa shape index (κ1) is 14.3. The van der Waals surface area contributed by atoms with E-state index in [0.29, 0.717) is 23.7 Å². The van der Waals surface area contributed by atoms with E-state index in [0.717, 1.165) is 11.3 Å². The third-order valence-corrected chi connectivity index (χ3v) is 3.70. The average molecular weight is 295 g/mol. The lowest BCUT2D eigenvalue weighted by molar-refractivity contribution is -0.123. The molecule has 2 rings (SSSR count). The summed E-state index contributed by atoms with van der Waals surface area (Å²) in [6.07, 6.45) is -4.94. The molecule has 4 nitrogen and oxygen atoms in total. The number of hydrogen-bond donors (Lipinski definition) is 1. The van der Waals surface area contributed by atoms with Gasteiger partial charge in [0.15, 0.2) is 6.29 Å². The van der Waals surface area contributed by atoms with Gasteiger partial charge in [-0.25, -0.2) is 0 Å². The second-order valence-electron chi connectivity index (χ2n) is 4.03. The largest absolute Gasteiger partial charge is 0.405 e. The molecule has 1 N–H and O–H groups in total. The summed E-state index contributed by atoms with van der Waals surface area (Å²) in [5, 5.41) is 1.85. The van der Waals surface area contributed by atoms with Crippen molar-refractivity contribution in [2.24, 2.45) is 0 Å². The zero-order valence-corrected chi connectivity index (χ0v) is 10.9. The SMILES string of the molecule is Cc1cc(C2OCCO2)sc1C(=O)NCC(F)(F)F. The number of ether oxygens (including phenoxy) is 2. The van der Waals surface area contributed by atoms with E-state index in [1.807, 2.05) is 5.32 Å². The summed E-state index contributed by atoms with van der Waals surface area (Å²) in [6, 6.07) is 1.70. The number of thiophene rings is 1. The van der Waals surface area contributed by atoms with E-state index in [1.54, 1.807) is 13.0 Å². The van der Waals surface area contributed by atoms with Gasteiger partial charge in [-0.2, -0.15) is 13.2 Å². The molecule has 1 aromatic heterocycles. The Labute approximate surface area is 111 Å². The van der Waals surface area contributed by atoms with Crippen LogP contribution in [0.4, 0.5) is 13.2 Å². The summed E-state index contributed by atoms with van der Waals surface area (Å²) >= 11 is 1.09. The van der Waals surface area contributed by atoms with Crippen molar-refractivity contribution in [2.45, 2.75) is 19.4 Å². The predicted molar refractivity (Wildman–Crippen MR) is 62.1 cm³/mol. The van der Waals surface area contributed by atoms with Crippen LogP contribution >= 0.6 is 11.3 Å². The Balaban J connectivity index is 2.05. The Morgan fingerprint density at radius 1 is 1.47 bits per heavy atom. The molecule has 0 bridgehead atoms. The second kappa shape index (κ2) is 5.48. The maximum atomic E-state index is 12.0. The van der Waals surface area contributed by atoms with E-state index in [-0.39, 0.29) is 4.88 Å². The highest BCUT2D eigenvalue weighted by molar-refractivity contribution is 7.14. The number of aryl methyl sites for hydroxylation is 1. The fourth-order valence-corrected chi connectivity index (χ4v) is 2.72. The van der Waals surface area contributed by atoms with Crippen molar-refractivity contribution in [3.05, 3.63) is 21.4 Å². The van der Waals surface area contributed by atoms with Crippen LogP contribution in [0.5, 0.6) is 0 Å². The minimum Gasteiger partial charge on any atom is -0.345 e. The van der Waals surface area contributed by atoms with Gasteiger partial charge in [-0.3, -0.25) is 4.79 Å². The van der Waals surface area contributed by atoms with E-state index in [1.165, 1.54) is 0 Å². The molecular weight excluding hydrogens is 283 g/mol. The lowest BCUT2D eigenvalue weighted by Gasteiger charge is -2.07. The second-order valence-corrected chi connectivity index (χ2v) is 5.12. The highest BCUT2D eigenvalue weighted by Gasteiger charge is 2.29. The molecular formula is C11H12F3NO3S. The fraction of sp³-hybridized carbons (Fsp3) is 0.545. The van der Waals surface area contributed by atoms with Crippen molar-refractivity contribution in [1.82, 2.24) is 5.32 Å². The summed E-state index contributed by atoms with van der Waals surface area (Å²) in [4.78, 5) is 12.6. The highest BCUT2D eigenvalue weighted by Crippen LogP contribution is 2.32. The zero-order chi connectivity index (χ0) is 14.0. The molecule has 19 heavy (non-hydrogen) atoms. The molecule has 106 valence electrons. The van der Waals surface area contributed by atoms with Crippen LogP contribution in [-0.4, -0.2) is 31.8 Å². The molecule has 2 heterocycles. The zero-order valence-electron chi connectivity index (χ0n) is 10.0. The van der Waals surface area contributed by atoms with Gasteiger partial charge in [-0.1, -0.05) is 0 Å². The number of alkyl halides is 3. The molecule has 0 aromatic carbocycles. The number of hydrogen-bond acceptors (Lipinski definition) is 4. The molecule has 1 aliphatic heterocycles. The van der Waals surface area contributed by atoms with Gasteiger partial charge in [0.25, 0.3) is 5.91 Å². The van der Waals surface area contributed by atoms with Crippen molar-refractivity contribution >= 4 is 17.2 Å². The molecule has 0 saturated carbocycles. The monoisotopic (exact) mass is 295 g/mol. The quantitative estimate of drug-likeness (QED) is 0.931. The van der Waals surface area contributed by atoms with E-state index in [4.69, 9.17) is 9.47 Å². The van der Waals surface area contributed by atoms with Crippen LogP contribution in [0.25, 0.3) is 0 Å². The average Bonchev–Trinajstić information content (AvgIpc) is 2.93. The van der Waals surface area contributed by atoms with E-state index >= 15 is 0 Å². The molecule has 0 aliphatic carbocycles. The highest BCUT2D eigenvalue weighted by atomic mass is 32.1. The Bertz CT molecular complexity index is 466. The maximum Gasteiger partial charge on any atom is 0.405 e. The topological polar surface area (TPSA) is 47.6 Å². The molecule has 1 aliphatic rings. The van der Waals surface area contributed by atoms with Gasteiger partial charge in [0.2, 0.25) is 0 Å². The summed E-state index contributed by atoms with van der Waals surface area (Å²) in [5.41, 5.74) is 0.610. The molecule has 8 heteroatoms. The van der Waals surface area contributed by atoms with Crippen LogP contribution < -0.4 is 5.32 Å². The lowest BCUT2D eigenvalue weighted by Crippen LogP contribution is -2.33. The lowest BCUT2D eigenvalue weighted by atomic mass is 10.2. The Hall–Kier alpha value is -1.12. The Kier molecular flexibility index (Phi) is 4.12. The van der Waals surface area contributed by atoms with Crippen LogP contribution in [-0.2, 0) is 9.47 Å². The number of carbonyl (C=O) groups excluding carboxylic acids is 1. The minimum atomic E-state index is -4.42. The van der Waals surface area contributed by atoms with Gasteiger partial charge in [-0.05, 0) is 18.6 Å². The molecule has 1 fully saturated rings. The fourth-order valence-electron chi connectivity index (χ4n) is 1.63. The normalized spacial score (nSPS) is 16.8. The maximum absolute atomic E-state index is 12.0. The van der Waals surface area contributed by atoms with Crippen molar-refractivity contribution in [2.75, 3.05) is 19.8 Å². The Morgan fingerprint density at radius 2 is 2.11 bits per heavy atom. The standard InChI is InChI=1S/C11H12F3NO3S/c1-6-4-7(10-17-2-3-18-10)19-8(6)9(16)15-5-11(12,13)14/h4,10H,2-3,5H2,1H3,(H,15,16). The number of amides is 1. The molecule has 0 radical (unpaired) electrons. The van der Waals surface area contributed by atoms with Crippen LogP contribution in [0.2, 0.25) is 0 Å². The van der Waals surface area contributed by atoms with E-state index in [9.17, 15) is 18.0 Å². The molecule has 1 amide bonds.